The molecule has 5 heteroatoms. The van der Waals surface area contributed by atoms with Crippen LogP contribution in [0.2, 0.25) is 0 Å². The second-order valence-electron chi connectivity index (χ2n) is 5.02. The van der Waals surface area contributed by atoms with Gasteiger partial charge in [-0.25, -0.2) is 13.1 Å². The molecule has 0 saturated carbocycles. The van der Waals surface area contributed by atoms with Crippen LogP contribution in [-0.2, 0) is 10.0 Å². The maximum absolute atomic E-state index is 12.3. The first-order valence-electron chi connectivity index (χ1n) is 7.30. The zero-order chi connectivity index (χ0) is 15.2. The number of hydrogen-bond acceptors (Lipinski definition) is 3. The summed E-state index contributed by atoms with van der Waals surface area (Å²) in [5, 5.41) is 3.36. The molecule has 0 aliphatic rings. The predicted octanol–water partition coefficient (Wildman–Crippen LogP) is 2.82. The molecule has 1 aromatic rings. The topological polar surface area (TPSA) is 58.2 Å². The molecule has 0 radical (unpaired) electrons. The Bertz CT molecular complexity index is 514. The summed E-state index contributed by atoms with van der Waals surface area (Å²) in [5.74, 6) is 0. The second-order valence-corrected chi connectivity index (χ2v) is 6.74. The summed E-state index contributed by atoms with van der Waals surface area (Å²) in [6, 6.07) is 7.33. The van der Waals surface area contributed by atoms with Crippen LogP contribution in [0, 0.1) is 0 Å². The van der Waals surface area contributed by atoms with Gasteiger partial charge in [0.1, 0.15) is 0 Å². The van der Waals surface area contributed by atoms with E-state index in [0.29, 0.717) is 4.90 Å². The first-order chi connectivity index (χ1) is 9.44. The van der Waals surface area contributed by atoms with Crippen LogP contribution in [0.5, 0.6) is 0 Å². The molecule has 0 amide bonds. The van der Waals surface area contributed by atoms with Crippen molar-refractivity contribution >= 4 is 10.0 Å². The van der Waals surface area contributed by atoms with Crippen LogP contribution < -0.4 is 10.0 Å². The molecule has 0 saturated heterocycles. The van der Waals surface area contributed by atoms with Crippen molar-refractivity contribution in [3.05, 3.63) is 29.8 Å². The van der Waals surface area contributed by atoms with Gasteiger partial charge in [-0.3, -0.25) is 0 Å². The highest BCUT2D eigenvalue weighted by molar-refractivity contribution is 7.89. The Kier molecular flexibility index (Phi) is 6.65. The molecule has 0 bridgehead atoms. The van der Waals surface area contributed by atoms with Crippen LogP contribution >= 0.6 is 0 Å². The van der Waals surface area contributed by atoms with Crippen LogP contribution in [0.3, 0.4) is 0 Å². The average molecular weight is 298 g/mol. The van der Waals surface area contributed by atoms with Gasteiger partial charge in [-0.2, -0.15) is 0 Å². The molecular weight excluding hydrogens is 272 g/mol. The first kappa shape index (κ1) is 17.1. The van der Waals surface area contributed by atoms with Gasteiger partial charge in [-0.15, -0.1) is 0 Å². The van der Waals surface area contributed by atoms with E-state index < -0.39 is 10.0 Å². The summed E-state index contributed by atoms with van der Waals surface area (Å²) in [5.41, 5.74) is 1.02. The Morgan fingerprint density at radius 3 is 2.40 bits per heavy atom. The van der Waals surface area contributed by atoms with Crippen LogP contribution in [0.1, 0.15) is 52.1 Å². The minimum Gasteiger partial charge on any atom is -0.310 e. The van der Waals surface area contributed by atoms with Gasteiger partial charge in [-0.1, -0.05) is 32.9 Å². The summed E-state index contributed by atoms with van der Waals surface area (Å²) < 4.78 is 27.3. The average Bonchev–Trinajstić information content (AvgIpc) is 2.44. The van der Waals surface area contributed by atoms with E-state index in [2.05, 4.69) is 17.0 Å². The molecule has 0 aromatic heterocycles. The Morgan fingerprint density at radius 2 is 1.85 bits per heavy atom. The minimum atomic E-state index is -3.43. The Morgan fingerprint density at radius 1 is 1.15 bits per heavy atom. The van der Waals surface area contributed by atoms with E-state index >= 15 is 0 Å². The van der Waals surface area contributed by atoms with Gasteiger partial charge < -0.3 is 5.32 Å². The number of sulfonamides is 1. The summed E-state index contributed by atoms with van der Waals surface area (Å²) in [6.45, 7) is 8.83. The van der Waals surface area contributed by atoms with E-state index in [1.807, 2.05) is 26.8 Å². The zero-order valence-corrected chi connectivity index (χ0v) is 13.6. The molecule has 114 valence electrons. The fraction of sp³-hybridized carbons (Fsp3) is 0.600. The lowest BCUT2D eigenvalue weighted by atomic mass is 10.0. The molecule has 2 unspecified atom stereocenters. The van der Waals surface area contributed by atoms with E-state index in [1.165, 1.54) is 0 Å². The summed E-state index contributed by atoms with van der Waals surface area (Å²) >= 11 is 0. The van der Waals surface area contributed by atoms with Gasteiger partial charge in [0.05, 0.1) is 4.90 Å². The molecule has 0 aliphatic carbocycles. The normalized spacial score (nSPS) is 15.0. The fourth-order valence-electron chi connectivity index (χ4n) is 2.06. The third-order valence-corrected chi connectivity index (χ3v) is 4.99. The van der Waals surface area contributed by atoms with Crippen LogP contribution in [0.15, 0.2) is 29.2 Å². The number of rotatable bonds is 8. The van der Waals surface area contributed by atoms with Gasteiger partial charge in [0.25, 0.3) is 0 Å². The van der Waals surface area contributed by atoms with Crippen LogP contribution in [-0.4, -0.2) is 21.0 Å². The maximum atomic E-state index is 12.3. The van der Waals surface area contributed by atoms with Crippen molar-refractivity contribution in [2.45, 2.75) is 57.5 Å². The highest BCUT2D eigenvalue weighted by Gasteiger charge is 2.18. The summed E-state index contributed by atoms with van der Waals surface area (Å²) in [4.78, 5) is 0.339. The monoisotopic (exact) mass is 298 g/mol. The molecule has 1 rings (SSSR count). The van der Waals surface area contributed by atoms with E-state index in [1.54, 1.807) is 18.2 Å². The zero-order valence-electron chi connectivity index (χ0n) is 12.8. The van der Waals surface area contributed by atoms with Crippen molar-refractivity contribution in [1.82, 2.24) is 10.0 Å². The van der Waals surface area contributed by atoms with E-state index in [9.17, 15) is 8.42 Å². The van der Waals surface area contributed by atoms with Crippen molar-refractivity contribution in [2.24, 2.45) is 0 Å². The van der Waals surface area contributed by atoms with Crippen molar-refractivity contribution < 1.29 is 8.42 Å². The molecule has 4 nitrogen and oxygen atoms in total. The maximum Gasteiger partial charge on any atom is 0.240 e. The van der Waals surface area contributed by atoms with E-state index in [0.717, 1.165) is 24.9 Å². The second kappa shape index (κ2) is 7.76. The van der Waals surface area contributed by atoms with Crippen molar-refractivity contribution in [3.8, 4) is 0 Å². The molecule has 2 atom stereocenters. The summed E-state index contributed by atoms with van der Waals surface area (Å²) in [6.07, 6.45) is 1.70. The lowest BCUT2D eigenvalue weighted by Gasteiger charge is -2.18. The number of benzene rings is 1. The van der Waals surface area contributed by atoms with Gasteiger partial charge >= 0.3 is 0 Å². The third kappa shape index (κ3) is 4.58. The smallest absolute Gasteiger partial charge is 0.240 e. The summed E-state index contributed by atoms with van der Waals surface area (Å²) in [7, 11) is -3.43. The molecule has 2 N–H and O–H groups in total. The largest absolute Gasteiger partial charge is 0.310 e. The molecule has 1 aromatic carbocycles. The Balaban J connectivity index is 3.03. The highest BCUT2D eigenvalue weighted by atomic mass is 32.2. The van der Waals surface area contributed by atoms with Crippen molar-refractivity contribution in [3.63, 3.8) is 0 Å². The van der Waals surface area contributed by atoms with E-state index in [-0.39, 0.29) is 12.1 Å². The quantitative estimate of drug-likeness (QED) is 0.776. The standard InChI is InChI=1S/C15H26N2O2S/c1-5-12(4)17-20(18,19)14-10-8-9-13(11-14)15(6-2)16-7-3/h8-12,15-17H,5-7H2,1-4H3. The van der Waals surface area contributed by atoms with Gasteiger partial charge in [0, 0.05) is 12.1 Å². The molecule has 0 aliphatic heterocycles. The van der Waals surface area contributed by atoms with Gasteiger partial charge in [-0.05, 0) is 44.0 Å². The lowest BCUT2D eigenvalue weighted by molar-refractivity contribution is 0.534. The first-order valence-corrected chi connectivity index (χ1v) is 8.78. The minimum absolute atomic E-state index is 0.0561. The van der Waals surface area contributed by atoms with Gasteiger partial charge in [0.15, 0.2) is 0 Å². The van der Waals surface area contributed by atoms with Crippen molar-refractivity contribution in [1.29, 1.82) is 0 Å². The third-order valence-electron chi connectivity index (χ3n) is 3.40. The fourth-order valence-corrected chi connectivity index (χ4v) is 3.44. The van der Waals surface area contributed by atoms with Crippen LogP contribution in [0.4, 0.5) is 0 Å². The molecule has 0 fully saturated rings. The number of hydrogen-bond donors (Lipinski definition) is 2. The van der Waals surface area contributed by atoms with E-state index in [4.69, 9.17) is 0 Å². The lowest BCUT2D eigenvalue weighted by Crippen LogP contribution is -2.32. The highest BCUT2D eigenvalue weighted by Crippen LogP contribution is 2.20. The van der Waals surface area contributed by atoms with Crippen molar-refractivity contribution in [2.75, 3.05) is 6.54 Å². The molecule has 0 heterocycles. The van der Waals surface area contributed by atoms with Crippen LogP contribution in [0.25, 0.3) is 0 Å². The number of nitrogens with one attached hydrogen (secondary N) is 2. The Labute approximate surface area is 123 Å². The Hall–Kier alpha value is -0.910. The SMILES string of the molecule is CCNC(CC)c1cccc(S(=O)(=O)NC(C)CC)c1. The van der Waals surface area contributed by atoms with Gasteiger partial charge in [0.2, 0.25) is 10.0 Å². The molecule has 0 spiro atoms. The molecular formula is C15H26N2O2S. The molecule has 20 heavy (non-hydrogen) atoms. The predicted molar refractivity (Wildman–Crippen MR) is 83.2 cm³/mol.